The van der Waals surface area contributed by atoms with Crippen LogP contribution in [0.25, 0.3) is 0 Å². The van der Waals surface area contributed by atoms with Gasteiger partial charge in [-0.1, -0.05) is 0 Å². The number of nitriles is 1. The van der Waals surface area contributed by atoms with Crippen LogP contribution in [0.5, 0.6) is 0 Å². The number of carbonyl (C=O) groups is 1. The van der Waals surface area contributed by atoms with Crippen molar-refractivity contribution in [3.63, 3.8) is 0 Å². The van der Waals surface area contributed by atoms with Crippen LogP contribution in [0.1, 0.15) is 11.1 Å². The molecule has 0 radical (unpaired) electrons. The van der Waals surface area contributed by atoms with Crippen molar-refractivity contribution < 1.29 is 14.8 Å². The number of nitro benzene ring substituents is 1. The Morgan fingerprint density at radius 3 is 2.69 bits per heavy atom. The number of nitro groups is 1. The molecule has 82 valence electrons. The Kier molecular flexibility index (Phi) is 3.48. The molecule has 1 aromatic carbocycles. The molecule has 0 aliphatic heterocycles. The van der Waals surface area contributed by atoms with Crippen LogP contribution < -0.4 is 0 Å². The minimum atomic E-state index is -1.20. The summed E-state index contributed by atoms with van der Waals surface area (Å²) in [5.74, 6) is -1.20. The lowest BCUT2D eigenvalue weighted by Crippen LogP contribution is -2.04. The van der Waals surface area contributed by atoms with Crippen molar-refractivity contribution in [2.75, 3.05) is 0 Å². The predicted octanol–water partition coefficient (Wildman–Crippen LogP) is 1.38. The SMILES string of the molecule is N#Cc1cc(CC(=O)O)c([N+](=O)[O-])cc1S. The number of thiol groups is 1. The zero-order chi connectivity index (χ0) is 12.3. The third-order valence-corrected chi connectivity index (χ3v) is 2.23. The normalized spacial score (nSPS) is 9.50. The van der Waals surface area contributed by atoms with Crippen molar-refractivity contribution in [1.29, 1.82) is 5.26 Å². The fourth-order valence-corrected chi connectivity index (χ4v) is 1.42. The molecule has 7 heteroatoms. The van der Waals surface area contributed by atoms with Gasteiger partial charge in [-0.05, 0) is 6.07 Å². The fourth-order valence-electron chi connectivity index (χ4n) is 1.19. The number of benzene rings is 1. The Hall–Kier alpha value is -2.07. The van der Waals surface area contributed by atoms with E-state index in [2.05, 4.69) is 12.6 Å². The van der Waals surface area contributed by atoms with Gasteiger partial charge in [0.25, 0.3) is 5.69 Å². The van der Waals surface area contributed by atoms with Crippen molar-refractivity contribution in [3.8, 4) is 6.07 Å². The molecule has 0 saturated carbocycles. The summed E-state index contributed by atoms with van der Waals surface area (Å²) in [5, 5.41) is 27.9. The highest BCUT2D eigenvalue weighted by Gasteiger charge is 2.18. The molecule has 0 bridgehead atoms. The zero-order valence-corrected chi connectivity index (χ0v) is 8.77. The van der Waals surface area contributed by atoms with Gasteiger partial charge < -0.3 is 5.11 Å². The number of carboxylic acid groups (broad SMARTS) is 1. The summed E-state index contributed by atoms with van der Waals surface area (Å²) in [4.78, 5) is 20.6. The Bertz CT molecular complexity index is 507. The summed E-state index contributed by atoms with van der Waals surface area (Å²) in [6.07, 6.45) is -0.501. The van der Waals surface area contributed by atoms with Gasteiger partial charge in [0, 0.05) is 16.5 Å². The summed E-state index contributed by atoms with van der Waals surface area (Å²) in [6, 6.07) is 4.04. The number of nitrogens with zero attached hydrogens (tertiary/aromatic N) is 2. The molecule has 0 heterocycles. The smallest absolute Gasteiger partial charge is 0.308 e. The van der Waals surface area contributed by atoms with Gasteiger partial charge in [-0.25, -0.2) is 0 Å². The highest BCUT2D eigenvalue weighted by molar-refractivity contribution is 7.80. The van der Waals surface area contributed by atoms with E-state index >= 15 is 0 Å². The first-order valence-corrected chi connectivity index (χ1v) is 4.52. The second-order valence-electron chi connectivity index (χ2n) is 2.94. The summed E-state index contributed by atoms with van der Waals surface area (Å²) in [5.41, 5.74) is -0.233. The second kappa shape index (κ2) is 4.63. The van der Waals surface area contributed by atoms with E-state index in [0.717, 1.165) is 6.07 Å². The first-order chi connectivity index (χ1) is 7.45. The molecular formula is C9H6N2O4S. The van der Waals surface area contributed by atoms with Gasteiger partial charge in [0.05, 0.1) is 16.9 Å². The zero-order valence-electron chi connectivity index (χ0n) is 7.88. The maximum absolute atomic E-state index is 10.7. The van der Waals surface area contributed by atoms with E-state index in [9.17, 15) is 14.9 Å². The monoisotopic (exact) mass is 238 g/mol. The number of hydrogen-bond acceptors (Lipinski definition) is 5. The number of aliphatic carboxylic acids is 1. The van der Waals surface area contributed by atoms with E-state index < -0.39 is 17.3 Å². The Morgan fingerprint density at radius 1 is 1.62 bits per heavy atom. The van der Waals surface area contributed by atoms with E-state index in [1.807, 2.05) is 0 Å². The first-order valence-electron chi connectivity index (χ1n) is 4.08. The van der Waals surface area contributed by atoms with Gasteiger partial charge in [-0.3, -0.25) is 14.9 Å². The van der Waals surface area contributed by atoms with Crippen LogP contribution in [0.3, 0.4) is 0 Å². The largest absolute Gasteiger partial charge is 0.481 e. The highest BCUT2D eigenvalue weighted by atomic mass is 32.1. The van der Waals surface area contributed by atoms with E-state index in [4.69, 9.17) is 10.4 Å². The number of carboxylic acids is 1. The second-order valence-corrected chi connectivity index (χ2v) is 3.42. The molecule has 1 N–H and O–H groups in total. The third kappa shape index (κ3) is 2.49. The van der Waals surface area contributed by atoms with Crippen LogP contribution >= 0.6 is 12.6 Å². The minimum Gasteiger partial charge on any atom is -0.481 e. The lowest BCUT2D eigenvalue weighted by molar-refractivity contribution is -0.385. The third-order valence-electron chi connectivity index (χ3n) is 1.86. The van der Waals surface area contributed by atoms with E-state index in [1.165, 1.54) is 6.07 Å². The van der Waals surface area contributed by atoms with Crippen LogP contribution in [0, 0.1) is 21.4 Å². The van der Waals surface area contributed by atoms with E-state index in [-0.39, 0.29) is 21.7 Å². The molecule has 0 saturated heterocycles. The number of hydrogen-bond donors (Lipinski definition) is 2. The molecule has 0 aliphatic rings. The molecule has 0 amide bonds. The fraction of sp³-hybridized carbons (Fsp3) is 0.111. The number of rotatable bonds is 3. The van der Waals surface area contributed by atoms with Crippen LogP contribution in [0.15, 0.2) is 17.0 Å². The summed E-state index contributed by atoms with van der Waals surface area (Å²) >= 11 is 3.91. The molecule has 0 fully saturated rings. The van der Waals surface area contributed by atoms with E-state index in [0.29, 0.717) is 0 Å². The van der Waals surface area contributed by atoms with Gasteiger partial charge in [0.15, 0.2) is 0 Å². The molecule has 1 rings (SSSR count). The Balaban J connectivity index is 3.37. The Morgan fingerprint density at radius 2 is 2.25 bits per heavy atom. The van der Waals surface area contributed by atoms with Crippen molar-refractivity contribution in [2.45, 2.75) is 11.3 Å². The lowest BCUT2D eigenvalue weighted by atomic mass is 10.1. The van der Waals surface area contributed by atoms with Gasteiger partial charge >= 0.3 is 5.97 Å². The van der Waals surface area contributed by atoms with Crippen molar-refractivity contribution in [1.82, 2.24) is 0 Å². The molecule has 0 atom stereocenters. The molecule has 6 nitrogen and oxygen atoms in total. The highest BCUT2D eigenvalue weighted by Crippen LogP contribution is 2.26. The van der Waals surface area contributed by atoms with Gasteiger partial charge in [-0.15, -0.1) is 12.6 Å². The molecule has 0 unspecified atom stereocenters. The van der Waals surface area contributed by atoms with Crippen LogP contribution in [0.2, 0.25) is 0 Å². The van der Waals surface area contributed by atoms with Crippen molar-refractivity contribution >= 4 is 24.3 Å². The topological polar surface area (TPSA) is 104 Å². The molecule has 0 aromatic heterocycles. The molecular weight excluding hydrogens is 232 g/mol. The maximum atomic E-state index is 10.7. The molecule has 1 aromatic rings. The average Bonchev–Trinajstić information content (AvgIpc) is 2.19. The van der Waals surface area contributed by atoms with Crippen molar-refractivity contribution in [2.24, 2.45) is 0 Å². The van der Waals surface area contributed by atoms with Gasteiger partial charge in [0.1, 0.15) is 6.07 Å². The molecule has 16 heavy (non-hydrogen) atoms. The van der Waals surface area contributed by atoms with E-state index in [1.54, 1.807) is 6.07 Å². The van der Waals surface area contributed by atoms with Crippen LogP contribution in [-0.2, 0) is 11.2 Å². The quantitative estimate of drug-likeness (QED) is 0.470. The average molecular weight is 238 g/mol. The van der Waals surface area contributed by atoms with Crippen molar-refractivity contribution in [3.05, 3.63) is 33.4 Å². The minimum absolute atomic E-state index is 0.00755. The maximum Gasteiger partial charge on any atom is 0.308 e. The summed E-state index contributed by atoms with van der Waals surface area (Å²) in [7, 11) is 0. The van der Waals surface area contributed by atoms with Gasteiger partial charge in [0.2, 0.25) is 0 Å². The predicted molar refractivity (Wildman–Crippen MR) is 56.4 cm³/mol. The summed E-state index contributed by atoms with van der Waals surface area (Å²) in [6.45, 7) is 0. The molecule has 0 aliphatic carbocycles. The van der Waals surface area contributed by atoms with Crippen LogP contribution in [0.4, 0.5) is 5.69 Å². The lowest BCUT2D eigenvalue weighted by Gasteiger charge is -2.02. The first kappa shape index (κ1) is 12.0. The Labute approximate surface area is 95.7 Å². The standard InChI is InChI=1S/C9H6N2O4S/c10-4-6-1-5(2-9(12)13)7(11(14)15)3-8(6)16/h1,3,16H,2H2,(H,12,13). The van der Waals surface area contributed by atoms with Gasteiger partial charge in [-0.2, -0.15) is 5.26 Å². The summed E-state index contributed by atoms with van der Waals surface area (Å²) < 4.78 is 0. The van der Waals surface area contributed by atoms with Crippen LogP contribution in [-0.4, -0.2) is 16.0 Å². The molecule has 0 spiro atoms.